The summed E-state index contributed by atoms with van der Waals surface area (Å²) in [5, 5.41) is 19.9. The highest BCUT2D eigenvalue weighted by Crippen LogP contribution is 2.17. The van der Waals surface area contributed by atoms with Gasteiger partial charge in [0.15, 0.2) is 0 Å². The third-order valence-corrected chi connectivity index (χ3v) is 2.38. The Hall–Kier alpha value is -2.51. The van der Waals surface area contributed by atoms with Crippen LogP contribution in [0.25, 0.3) is 0 Å². The molecule has 92 valence electrons. The molecule has 0 aliphatic rings. The first-order valence-electron chi connectivity index (χ1n) is 4.79. The van der Waals surface area contributed by atoms with Crippen molar-refractivity contribution in [3.63, 3.8) is 0 Å². The Morgan fingerprint density at radius 1 is 1.33 bits per heavy atom. The van der Waals surface area contributed by atoms with Crippen molar-refractivity contribution in [1.29, 1.82) is 10.5 Å². The first kappa shape index (κ1) is 13.6. The van der Waals surface area contributed by atoms with Gasteiger partial charge in [0.1, 0.15) is 11.8 Å². The van der Waals surface area contributed by atoms with Crippen molar-refractivity contribution in [1.82, 2.24) is 0 Å². The molecule has 0 atom stereocenters. The average molecular weight is 262 g/mol. The van der Waals surface area contributed by atoms with E-state index in [1.165, 1.54) is 6.07 Å². The zero-order chi connectivity index (χ0) is 13.6. The summed E-state index contributed by atoms with van der Waals surface area (Å²) in [7, 11) is -3.35. The molecular weight excluding hydrogens is 252 g/mol. The lowest BCUT2D eigenvalue weighted by molar-refractivity contribution is 0.607. The summed E-state index contributed by atoms with van der Waals surface area (Å²) < 4.78 is 24.4. The Morgan fingerprint density at radius 2 is 2.00 bits per heavy atom. The molecule has 7 heteroatoms. The predicted molar refractivity (Wildman–Crippen MR) is 67.8 cm³/mol. The summed E-state index contributed by atoms with van der Waals surface area (Å²) in [6, 6.07) is 9.91. The summed E-state index contributed by atoms with van der Waals surface area (Å²) >= 11 is 0. The highest BCUT2D eigenvalue weighted by molar-refractivity contribution is 7.92. The summed E-state index contributed by atoms with van der Waals surface area (Å²) in [6.45, 7) is 0. The molecule has 1 aromatic carbocycles. The molecule has 0 saturated heterocycles. The fraction of sp³-hybridized carbons (Fsp3) is 0.0909. The second-order valence-corrected chi connectivity index (χ2v) is 5.13. The zero-order valence-corrected chi connectivity index (χ0v) is 10.3. The minimum absolute atomic E-state index is 0.0778. The number of hydrogen-bond donors (Lipinski definition) is 2. The molecule has 0 radical (unpaired) electrons. The van der Waals surface area contributed by atoms with Crippen molar-refractivity contribution in [2.75, 3.05) is 16.3 Å². The third kappa shape index (κ3) is 4.56. The fourth-order valence-corrected chi connectivity index (χ4v) is 1.75. The van der Waals surface area contributed by atoms with Crippen molar-refractivity contribution in [3.05, 3.63) is 36.0 Å². The maximum absolute atomic E-state index is 11.1. The Morgan fingerprint density at radius 3 is 2.56 bits per heavy atom. The molecule has 0 saturated carbocycles. The molecule has 1 rings (SSSR count). The van der Waals surface area contributed by atoms with Crippen LogP contribution in [-0.2, 0) is 10.0 Å². The van der Waals surface area contributed by atoms with Crippen molar-refractivity contribution in [2.45, 2.75) is 0 Å². The molecule has 0 heterocycles. The van der Waals surface area contributed by atoms with Gasteiger partial charge in [-0.05, 0) is 18.2 Å². The topological polar surface area (TPSA) is 106 Å². The van der Waals surface area contributed by atoms with Crippen LogP contribution in [0.4, 0.5) is 11.4 Å². The van der Waals surface area contributed by atoms with Crippen LogP contribution in [0.15, 0.2) is 36.0 Å². The van der Waals surface area contributed by atoms with E-state index >= 15 is 0 Å². The molecule has 6 nitrogen and oxygen atoms in total. The normalized spacial score (nSPS) is 11.2. The zero-order valence-electron chi connectivity index (χ0n) is 9.51. The number of hydrogen-bond acceptors (Lipinski definition) is 5. The van der Waals surface area contributed by atoms with Gasteiger partial charge in [-0.3, -0.25) is 4.72 Å². The number of nitriles is 2. The Balaban J connectivity index is 2.94. The molecule has 0 unspecified atom stereocenters. The first-order valence-corrected chi connectivity index (χ1v) is 6.68. The highest BCUT2D eigenvalue weighted by Gasteiger charge is 2.03. The average Bonchev–Trinajstić information content (AvgIpc) is 2.26. The number of anilines is 2. The van der Waals surface area contributed by atoms with Crippen LogP contribution in [0.1, 0.15) is 0 Å². The second kappa shape index (κ2) is 5.71. The van der Waals surface area contributed by atoms with Crippen LogP contribution >= 0.6 is 0 Å². The van der Waals surface area contributed by atoms with Gasteiger partial charge in [0.25, 0.3) is 0 Å². The minimum Gasteiger partial charge on any atom is -0.346 e. The van der Waals surface area contributed by atoms with E-state index < -0.39 is 10.0 Å². The van der Waals surface area contributed by atoms with Gasteiger partial charge in [0, 0.05) is 5.69 Å². The summed E-state index contributed by atoms with van der Waals surface area (Å²) in [5.41, 5.74) is 0.956. The van der Waals surface area contributed by atoms with Crippen LogP contribution in [0, 0.1) is 22.7 Å². The quantitative estimate of drug-likeness (QED) is 0.798. The van der Waals surface area contributed by atoms with Gasteiger partial charge in [-0.25, -0.2) is 8.42 Å². The van der Waals surface area contributed by atoms with Gasteiger partial charge in [-0.2, -0.15) is 10.5 Å². The largest absolute Gasteiger partial charge is 0.346 e. The van der Waals surface area contributed by atoms with Gasteiger partial charge in [-0.15, -0.1) is 0 Å². The van der Waals surface area contributed by atoms with Gasteiger partial charge in [-0.1, -0.05) is 6.07 Å². The molecule has 18 heavy (non-hydrogen) atoms. The monoisotopic (exact) mass is 262 g/mol. The van der Waals surface area contributed by atoms with Crippen molar-refractivity contribution < 1.29 is 8.42 Å². The maximum atomic E-state index is 11.1. The van der Waals surface area contributed by atoms with Crippen molar-refractivity contribution >= 4 is 21.4 Å². The third-order valence-electron chi connectivity index (χ3n) is 1.77. The predicted octanol–water partition coefficient (Wildman–Crippen LogP) is 1.40. The van der Waals surface area contributed by atoms with E-state index in [0.717, 1.165) is 12.3 Å². The smallest absolute Gasteiger partial charge is 0.229 e. The van der Waals surface area contributed by atoms with E-state index in [1.807, 2.05) is 6.07 Å². The van der Waals surface area contributed by atoms with Crippen molar-refractivity contribution in [3.8, 4) is 12.1 Å². The van der Waals surface area contributed by atoms with Crippen molar-refractivity contribution in [2.24, 2.45) is 0 Å². The number of rotatable bonds is 4. The molecule has 2 N–H and O–H groups in total. The summed E-state index contributed by atoms with van der Waals surface area (Å²) in [6.07, 6.45) is 2.11. The Kier molecular flexibility index (Phi) is 4.30. The minimum atomic E-state index is -3.35. The standard InChI is InChI=1S/C11H10N4O2S/c1-18(16,17)15-10-4-2-3-9(7-10)14-11(8-13)5-6-12/h2-5,7,14-15H,1H3/b11-5+. The van der Waals surface area contributed by atoms with E-state index in [4.69, 9.17) is 10.5 Å². The molecule has 0 spiro atoms. The van der Waals surface area contributed by atoms with Crippen LogP contribution in [0.3, 0.4) is 0 Å². The van der Waals surface area contributed by atoms with Gasteiger partial charge in [0.05, 0.1) is 24.1 Å². The van der Waals surface area contributed by atoms with Crippen LogP contribution in [-0.4, -0.2) is 14.7 Å². The summed E-state index contributed by atoms with van der Waals surface area (Å²) in [4.78, 5) is 0. The van der Waals surface area contributed by atoms with E-state index in [-0.39, 0.29) is 5.70 Å². The van der Waals surface area contributed by atoms with E-state index in [0.29, 0.717) is 11.4 Å². The van der Waals surface area contributed by atoms with E-state index in [9.17, 15) is 8.42 Å². The lowest BCUT2D eigenvalue weighted by Gasteiger charge is -2.07. The fourth-order valence-electron chi connectivity index (χ4n) is 1.19. The maximum Gasteiger partial charge on any atom is 0.229 e. The SMILES string of the molecule is CS(=O)(=O)Nc1cccc(N/C(C#N)=C/C#N)c1. The molecule has 0 aromatic heterocycles. The van der Waals surface area contributed by atoms with Crippen LogP contribution in [0.5, 0.6) is 0 Å². The Bertz CT molecular complexity index is 650. The second-order valence-electron chi connectivity index (χ2n) is 3.38. The molecule has 0 amide bonds. The lowest BCUT2D eigenvalue weighted by atomic mass is 10.2. The number of benzene rings is 1. The van der Waals surface area contributed by atoms with E-state index in [1.54, 1.807) is 24.3 Å². The number of nitrogens with one attached hydrogen (secondary N) is 2. The Labute approximate surface area is 105 Å². The molecule has 0 fully saturated rings. The molecule has 0 bridgehead atoms. The number of nitrogens with zero attached hydrogens (tertiary/aromatic N) is 2. The molecular formula is C11H10N4O2S. The van der Waals surface area contributed by atoms with Crippen LogP contribution < -0.4 is 10.0 Å². The van der Waals surface area contributed by atoms with Gasteiger partial charge >= 0.3 is 0 Å². The number of allylic oxidation sites excluding steroid dienone is 2. The molecule has 1 aromatic rings. The molecule has 0 aliphatic heterocycles. The number of sulfonamides is 1. The lowest BCUT2D eigenvalue weighted by Crippen LogP contribution is -2.09. The van der Waals surface area contributed by atoms with Gasteiger partial charge < -0.3 is 5.32 Å². The summed E-state index contributed by atoms with van der Waals surface area (Å²) in [5.74, 6) is 0. The van der Waals surface area contributed by atoms with Gasteiger partial charge in [0.2, 0.25) is 10.0 Å². The highest BCUT2D eigenvalue weighted by atomic mass is 32.2. The molecule has 0 aliphatic carbocycles. The van der Waals surface area contributed by atoms with E-state index in [2.05, 4.69) is 10.0 Å². The van der Waals surface area contributed by atoms with Crippen LogP contribution in [0.2, 0.25) is 0 Å². The first-order chi connectivity index (χ1) is 8.44.